The average Bonchev–Trinajstić information content (AvgIpc) is 1.81. The molecule has 0 spiro atoms. The Kier molecular flexibility index (Phi) is 1.87. The molecule has 0 saturated heterocycles. The lowest BCUT2D eigenvalue weighted by molar-refractivity contribution is -0.138. The molecular formula is C9H14O2. The average molecular weight is 154 g/mol. The van der Waals surface area contributed by atoms with Gasteiger partial charge in [0.1, 0.15) is 11.6 Å². The van der Waals surface area contributed by atoms with Crippen LogP contribution >= 0.6 is 0 Å². The van der Waals surface area contributed by atoms with Gasteiger partial charge in [0.15, 0.2) is 0 Å². The van der Waals surface area contributed by atoms with Gasteiger partial charge in [-0.05, 0) is 12.3 Å². The van der Waals surface area contributed by atoms with E-state index in [9.17, 15) is 9.59 Å². The van der Waals surface area contributed by atoms with Crippen LogP contribution < -0.4 is 0 Å². The first-order valence-electron chi connectivity index (χ1n) is 3.98. The zero-order valence-electron chi connectivity index (χ0n) is 7.31. The molecule has 1 fully saturated rings. The lowest BCUT2D eigenvalue weighted by Gasteiger charge is -2.30. The maximum Gasteiger partial charge on any atom is 0.143 e. The molecule has 1 rings (SSSR count). The fourth-order valence-corrected chi connectivity index (χ4v) is 1.49. The summed E-state index contributed by atoms with van der Waals surface area (Å²) >= 11 is 0. The summed E-state index contributed by atoms with van der Waals surface area (Å²) in [6.45, 7) is 5.64. The third kappa shape index (κ3) is 1.67. The number of hydrogen-bond acceptors (Lipinski definition) is 2. The second-order valence-corrected chi connectivity index (χ2v) is 4.17. The van der Waals surface area contributed by atoms with Crippen LogP contribution in [0.2, 0.25) is 0 Å². The molecule has 0 unspecified atom stereocenters. The molecule has 0 radical (unpaired) electrons. The van der Waals surface area contributed by atoms with Gasteiger partial charge in [-0.15, -0.1) is 0 Å². The molecule has 0 N–H and O–H groups in total. The highest BCUT2D eigenvalue weighted by atomic mass is 16.2. The summed E-state index contributed by atoms with van der Waals surface area (Å²) in [5.41, 5.74) is -0.0966. The molecule has 1 saturated carbocycles. The largest absolute Gasteiger partial charge is 0.299 e. The molecule has 0 aromatic carbocycles. The predicted octanol–water partition coefficient (Wildman–Crippen LogP) is 1.58. The number of carbonyl (C=O) groups is 2. The van der Waals surface area contributed by atoms with E-state index in [-0.39, 0.29) is 22.9 Å². The van der Waals surface area contributed by atoms with Crippen molar-refractivity contribution in [3.63, 3.8) is 0 Å². The van der Waals surface area contributed by atoms with Crippen LogP contribution in [-0.4, -0.2) is 11.6 Å². The molecule has 0 amide bonds. The standard InChI is InChI=1S/C9H14O2/c1-6-7(10)4-9(2,3)5-8(6)11/h6H,4-5H2,1-3H3. The van der Waals surface area contributed by atoms with E-state index in [0.717, 1.165) is 0 Å². The Hall–Kier alpha value is -0.660. The van der Waals surface area contributed by atoms with Gasteiger partial charge in [-0.3, -0.25) is 9.59 Å². The molecule has 0 heterocycles. The molecule has 2 nitrogen and oxygen atoms in total. The summed E-state index contributed by atoms with van der Waals surface area (Å²) in [5.74, 6) is -0.138. The molecule has 1 aliphatic rings. The van der Waals surface area contributed by atoms with Crippen LogP contribution in [0.5, 0.6) is 0 Å². The van der Waals surface area contributed by atoms with E-state index < -0.39 is 0 Å². The topological polar surface area (TPSA) is 34.1 Å². The number of rotatable bonds is 0. The van der Waals surface area contributed by atoms with Crippen molar-refractivity contribution < 1.29 is 9.59 Å². The van der Waals surface area contributed by atoms with Gasteiger partial charge in [-0.1, -0.05) is 13.8 Å². The van der Waals surface area contributed by atoms with Gasteiger partial charge in [0.05, 0.1) is 5.92 Å². The predicted molar refractivity (Wildman–Crippen MR) is 42.2 cm³/mol. The Labute approximate surface area is 67.0 Å². The molecule has 2 heteroatoms. The summed E-state index contributed by atoms with van der Waals surface area (Å²) in [6.07, 6.45) is 1.11. The van der Waals surface area contributed by atoms with E-state index in [1.165, 1.54) is 0 Å². The molecule has 0 atom stereocenters. The normalized spacial score (nSPS) is 25.7. The highest BCUT2D eigenvalue weighted by Gasteiger charge is 2.36. The van der Waals surface area contributed by atoms with Gasteiger partial charge in [0, 0.05) is 12.8 Å². The minimum atomic E-state index is -0.344. The van der Waals surface area contributed by atoms with Crippen LogP contribution in [0.1, 0.15) is 33.6 Å². The summed E-state index contributed by atoms with van der Waals surface area (Å²) in [6, 6.07) is 0. The van der Waals surface area contributed by atoms with Gasteiger partial charge >= 0.3 is 0 Å². The molecule has 62 valence electrons. The van der Waals surface area contributed by atoms with Crippen LogP contribution in [0.25, 0.3) is 0 Å². The molecule has 1 aliphatic carbocycles. The first kappa shape index (κ1) is 8.44. The Morgan fingerprint density at radius 2 is 1.55 bits per heavy atom. The van der Waals surface area contributed by atoms with Crippen molar-refractivity contribution in [3.8, 4) is 0 Å². The van der Waals surface area contributed by atoms with Crippen LogP contribution in [0.3, 0.4) is 0 Å². The lowest BCUT2D eigenvalue weighted by Crippen LogP contribution is -2.35. The van der Waals surface area contributed by atoms with Crippen molar-refractivity contribution in [2.24, 2.45) is 11.3 Å². The summed E-state index contributed by atoms with van der Waals surface area (Å²) in [4.78, 5) is 22.4. The Balaban J connectivity index is 2.78. The van der Waals surface area contributed by atoms with Crippen LogP contribution in [-0.2, 0) is 9.59 Å². The monoisotopic (exact) mass is 154 g/mol. The lowest BCUT2D eigenvalue weighted by atomic mass is 9.72. The molecule has 0 aromatic rings. The fourth-order valence-electron chi connectivity index (χ4n) is 1.49. The number of hydrogen-bond donors (Lipinski definition) is 0. The van der Waals surface area contributed by atoms with Crippen molar-refractivity contribution in [1.29, 1.82) is 0 Å². The van der Waals surface area contributed by atoms with Gasteiger partial charge in [-0.2, -0.15) is 0 Å². The van der Waals surface area contributed by atoms with Crippen molar-refractivity contribution >= 4 is 11.6 Å². The van der Waals surface area contributed by atoms with Gasteiger partial charge in [-0.25, -0.2) is 0 Å². The second-order valence-electron chi connectivity index (χ2n) is 4.17. The Morgan fingerprint density at radius 3 is 1.91 bits per heavy atom. The molecule has 11 heavy (non-hydrogen) atoms. The third-order valence-corrected chi connectivity index (χ3v) is 2.27. The SMILES string of the molecule is CC1C(=O)CC(C)(C)CC1=O. The molecule has 0 bridgehead atoms. The van der Waals surface area contributed by atoms with Crippen molar-refractivity contribution in [2.75, 3.05) is 0 Å². The van der Waals surface area contributed by atoms with E-state index in [1.54, 1.807) is 6.92 Å². The van der Waals surface area contributed by atoms with Crippen LogP contribution in [0, 0.1) is 11.3 Å². The van der Waals surface area contributed by atoms with Gasteiger partial charge in [0.25, 0.3) is 0 Å². The summed E-state index contributed by atoms with van der Waals surface area (Å²) in [5, 5.41) is 0. The van der Waals surface area contributed by atoms with E-state index in [2.05, 4.69) is 0 Å². The molecule has 0 aromatic heterocycles. The van der Waals surface area contributed by atoms with E-state index in [1.807, 2.05) is 13.8 Å². The van der Waals surface area contributed by atoms with Crippen LogP contribution in [0.4, 0.5) is 0 Å². The van der Waals surface area contributed by atoms with Crippen LogP contribution in [0.15, 0.2) is 0 Å². The number of ketones is 2. The first-order chi connectivity index (χ1) is 4.92. The Bertz CT molecular complexity index is 184. The van der Waals surface area contributed by atoms with Crippen molar-refractivity contribution in [1.82, 2.24) is 0 Å². The van der Waals surface area contributed by atoms with Gasteiger partial charge < -0.3 is 0 Å². The highest BCUT2D eigenvalue weighted by Crippen LogP contribution is 2.33. The minimum Gasteiger partial charge on any atom is -0.299 e. The minimum absolute atomic E-state index is 0.0966. The Morgan fingerprint density at radius 1 is 1.18 bits per heavy atom. The number of carbonyl (C=O) groups excluding carboxylic acids is 2. The highest BCUT2D eigenvalue weighted by molar-refractivity contribution is 6.04. The first-order valence-corrected chi connectivity index (χ1v) is 3.98. The van der Waals surface area contributed by atoms with Gasteiger partial charge in [0.2, 0.25) is 0 Å². The maximum absolute atomic E-state index is 11.2. The summed E-state index contributed by atoms with van der Waals surface area (Å²) < 4.78 is 0. The third-order valence-electron chi connectivity index (χ3n) is 2.27. The quantitative estimate of drug-likeness (QED) is 0.496. The molecular weight excluding hydrogens is 140 g/mol. The smallest absolute Gasteiger partial charge is 0.143 e. The zero-order chi connectivity index (χ0) is 8.65. The second kappa shape index (κ2) is 2.43. The zero-order valence-corrected chi connectivity index (χ0v) is 7.31. The number of Topliss-reactive ketones (excluding diaryl/α,β-unsaturated/α-hetero) is 2. The molecule has 0 aliphatic heterocycles. The van der Waals surface area contributed by atoms with E-state index in [4.69, 9.17) is 0 Å². The van der Waals surface area contributed by atoms with Crippen molar-refractivity contribution in [2.45, 2.75) is 33.6 Å². The van der Waals surface area contributed by atoms with Crippen molar-refractivity contribution in [3.05, 3.63) is 0 Å². The summed E-state index contributed by atoms with van der Waals surface area (Å²) in [7, 11) is 0. The maximum atomic E-state index is 11.2. The fraction of sp³-hybridized carbons (Fsp3) is 0.778. The van der Waals surface area contributed by atoms with E-state index in [0.29, 0.717) is 12.8 Å². The van der Waals surface area contributed by atoms with E-state index >= 15 is 0 Å².